The Labute approximate surface area is 89.1 Å². The summed E-state index contributed by atoms with van der Waals surface area (Å²) in [6, 6.07) is 0. The number of aromatic nitrogens is 4. The van der Waals surface area contributed by atoms with Crippen LogP contribution in [0.1, 0.15) is 5.56 Å². The number of halogens is 1. The van der Waals surface area contributed by atoms with Crippen LogP contribution in [0.25, 0.3) is 5.82 Å². The molecule has 0 fully saturated rings. The predicted octanol–water partition coefficient (Wildman–Crippen LogP) is 1.32. The van der Waals surface area contributed by atoms with Gasteiger partial charge in [0.05, 0.1) is 10.7 Å². The fraction of sp³-hybridized carbons (Fsp3) is 0.125. The zero-order valence-electron chi connectivity index (χ0n) is 7.48. The quantitative estimate of drug-likeness (QED) is 0.833. The van der Waals surface area contributed by atoms with E-state index in [-0.39, 0.29) is 0 Å². The molecule has 14 heavy (non-hydrogen) atoms. The molecule has 0 saturated heterocycles. The van der Waals surface area contributed by atoms with Crippen molar-refractivity contribution in [3.63, 3.8) is 0 Å². The van der Waals surface area contributed by atoms with Crippen LogP contribution in [0.4, 0.5) is 5.82 Å². The van der Waals surface area contributed by atoms with E-state index >= 15 is 0 Å². The first kappa shape index (κ1) is 9.14. The van der Waals surface area contributed by atoms with Crippen molar-refractivity contribution in [1.29, 1.82) is 0 Å². The molecular formula is C8H8BrN5. The lowest BCUT2D eigenvalue weighted by Crippen LogP contribution is -2.05. The zero-order valence-corrected chi connectivity index (χ0v) is 9.06. The Balaban J connectivity index is 2.57. The third-order valence-electron chi connectivity index (χ3n) is 1.86. The number of rotatable bonds is 1. The van der Waals surface area contributed by atoms with Crippen LogP contribution in [0, 0.1) is 6.92 Å². The Morgan fingerprint density at radius 1 is 1.43 bits per heavy atom. The van der Waals surface area contributed by atoms with Crippen molar-refractivity contribution >= 4 is 21.7 Å². The van der Waals surface area contributed by atoms with Crippen LogP contribution in [0.15, 0.2) is 23.2 Å². The van der Waals surface area contributed by atoms with E-state index in [1.54, 1.807) is 10.9 Å². The Kier molecular flexibility index (Phi) is 2.20. The van der Waals surface area contributed by atoms with Crippen LogP contribution in [0.2, 0.25) is 0 Å². The third kappa shape index (κ3) is 1.48. The minimum absolute atomic E-state index is 0.474. The summed E-state index contributed by atoms with van der Waals surface area (Å²) in [5.41, 5.74) is 6.48. The SMILES string of the molecule is Cc1c(N)ncnc1-n1cc(Br)cn1. The van der Waals surface area contributed by atoms with Gasteiger partial charge in [0.25, 0.3) is 0 Å². The molecule has 0 aliphatic heterocycles. The molecule has 2 aromatic heterocycles. The van der Waals surface area contributed by atoms with Crippen molar-refractivity contribution in [3.05, 3.63) is 28.8 Å². The highest BCUT2D eigenvalue weighted by atomic mass is 79.9. The van der Waals surface area contributed by atoms with Gasteiger partial charge < -0.3 is 5.73 Å². The van der Waals surface area contributed by atoms with Crippen LogP contribution < -0.4 is 5.73 Å². The Hall–Kier alpha value is -1.43. The van der Waals surface area contributed by atoms with Gasteiger partial charge in [-0.1, -0.05) is 0 Å². The standard InChI is InChI=1S/C8H8BrN5/c1-5-7(10)11-4-12-8(5)14-3-6(9)2-13-14/h2-4H,1H3,(H2,10,11,12). The maximum atomic E-state index is 5.66. The first-order chi connectivity index (χ1) is 6.68. The average molecular weight is 254 g/mol. The van der Waals surface area contributed by atoms with Crippen molar-refractivity contribution in [1.82, 2.24) is 19.7 Å². The summed E-state index contributed by atoms with van der Waals surface area (Å²) < 4.78 is 2.55. The number of nitrogens with two attached hydrogens (primary N) is 1. The smallest absolute Gasteiger partial charge is 0.161 e. The Morgan fingerprint density at radius 2 is 2.21 bits per heavy atom. The maximum absolute atomic E-state index is 5.66. The fourth-order valence-electron chi connectivity index (χ4n) is 1.10. The number of nitrogen functional groups attached to an aromatic ring is 1. The second-order valence-electron chi connectivity index (χ2n) is 2.81. The first-order valence-electron chi connectivity index (χ1n) is 3.96. The van der Waals surface area contributed by atoms with Crippen LogP contribution >= 0.6 is 15.9 Å². The minimum atomic E-state index is 0.474. The van der Waals surface area contributed by atoms with Gasteiger partial charge >= 0.3 is 0 Å². The van der Waals surface area contributed by atoms with E-state index in [1.165, 1.54) is 6.33 Å². The number of anilines is 1. The Bertz CT molecular complexity index is 465. The summed E-state index contributed by atoms with van der Waals surface area (Å²) in [7, 11) is 0. The zero-order chi connectivity index (χ0) is 10.1. The molecule has 2 rings (SSSR count). The van der Waals surface area contributed by atoms with Crippen molar-refractivity contribution in [2.24, 2.45) is 0 Å². The third-order valence-corrected chi connectivity index (χ3v) is 2.27. The summed E-state index contributed by atoms with van der Waals surface area (Å²) >= 11 is 3.31. The molecule has 0 bridgehead atoms. The average Bonchev–Trinajstić information content (AvgIpc) is 2.57. The summed E-state index contributed by atoms with van der Waals surface area (Å²) in [5, 5.41) is 4.11. The van der Waals surface area contributed by atoms with Gasteiger partial charge in [-0.25, -0.2) is 14.6 Å². The van der Waals surface area contributed by atoms with Gasteiger partial charge in [0, 0.05) is 11.8 Å². The molecule has 2 N–H and O–H groups in total. The van der Waals surface area contributed by atoms with Crippen LogP contribution in [0.3, 0.4) is 0 Å². The molecule has 5 nitrogen and oxygen atoms in total. The number of hydrogen-bond donors (Lipinski definition) is 1. The Morgan fingerprint density at radius 3 is 2.86 bits per heavy atom. The fourth-order valence-corrected chi connectivity index (χ4v) is 1.39. The van der Waals surface area contributed by atoms with E-state index in [9.17, 15) is 0 Å². The van der Waals surface area contributed by atoms with E-state index < -0.39 is 0 Å². The summed E-state index contributed by atoms with van der Waals surface area (Å²) in [4.78, 5) is 8.00. The second kappa shape index (κ2) is 3.38. The van der Waals surface area contributed by atoms with Crippen molar-refractivity contribution in [2.45, 2.75) is 6.92 Å². The minimum Gasteiger partial charge on any atom is -0.383 e. The lowest BCUT2D eigenvalue weighted by molar-refractivity contribution is 0.831. The molecule has 0 aromatic carbocycles. The molecule has 6 heteroatoms. The van der Waals surface area contributed by atoms with E-state index in [0.717, 1.165) is 10.0 Å². The highest BCUT2D eigenvalue weighted by molar-refractivity contribution is 9.10. The molecule has 2 aromatic rings. The van der Waals surface area contributed by atoms with E-state index in [0.29, 0.717) is 11.6 Å². The van der Waals surface area contributed by atoms with E-state index in [1.807, 2.05) is 13.1 Å². The first-order valence-corrected chi connectivity index (χ1v) is 4.75. The molecule has 0 spiro atoms. The number of nitrogens with zero attached hydrogens (tertiary/aromatic N) is 4. The summed E-state index contributed by atoms with van der Waals surface area (Å²) in [6.07, 6.45) is 4.93. The van der Waals surface area contributed by atoms with Crippen molar-refractivity contribution < 1.29 is 0 Å². The summed E-state index contributed by atoms with van der Waals surface area (Å²) in [6.45, 7) is 1.86. The van der Waals surface area contributed by atoms with Crippen molar-refractivity contribution in [2.75, 3.05) is 5.73 Å². The molecule has 0 radical (unpaired) electrons. The van der Waals surface area contributed by atoms with Crippen LogP contribution in [-0.4, -0.2) is 19.7 Å². The van der Waals surface area contributed by atoms with Crippen LogP contribution in [0.5, 0.6) is 0 Å². The van der Waals surface area contributed by atoms with Gasteiger partial charge in [-0.05, 0) is 22.9 Å². The highest BCUT2D eigenvalue weighted by Gasteiger charge is 2.06. The van der Waals surface area contributed by atoms with Gasteiger partial charge in [0.15, 0.2) is 5.82 Å². The van der Waals surface area contributed by atoms with Crippen LogP contribution in [-0.2, 0) is 0 Å². The molecule has 0 amide bonds. The molecule has 0 aliphatic carbocycles. The topological polar surface area (TPSA) is 69.6 Å². The lowest BCUT2D eigenvalue weighted by Gasteiger charge is -2.04. The van der Waals surface area contributed by atoms with Gasteiger partial charge in [-0.2, -0.15) is 5.10 Å². The second-order valence-corrected chi connectivity index (χ2v) is 3.73. The summed E-state index contributed by atoms with van der Waals surface area (Å²) in [5.74, 6) is 1.17. The molecular weight excluding hydrogens is 246 g/mol. The van der Waals surface area contributed by atoms with E-state index in [2.05, 4.69) is 31.0 Å². The monoisotopic (exact) mass is 253 g/mol. The highest BCUT2D eigenvalue weighted by Crippen LogP contribution is 2.16. The predicted molar refractivity (Wildman–Crippen MR) is 56.0 cm³/mol. The van der Waals surface area contributed by atoms with Gasteiger partial charge in [-0.15, -0.1) is 0 Å². The van der Waals surface area contributed by atoms with Gasteiger partial charge in [0.1, 0.15) is 12.1 Å². The molecule has 0 unspecified atom stereocenters. The lowest BCUT2D eigenvalue weighted by atomic mass is 10.3. The largest absolute Gasteiger partial charge is 0.383 e. The van der Waals surface area contributed by atoms with Gasteiger partial charge in [-0.3, -0.25) is 0 Å². The maximum Gasteiger partial charge on any atom is 0.161 e. The molecule has 2 heterocycles. The molecule has 0 saturated carbocycles. The molecule has 72 valence electrons. The molecule has 0 aliphatic rings. The van der Waals surface area contributed by atoms with E-state index in [4.69, 9.17) is 5.73 Å². The van der Waals surface area contributed by atoms with Gasteiger partial charge in [0.2, 0.25) is 0 Å². The normalized spacial score (nSPS) is 10.4. The van der Waals surface area contributed by atoms with Crippen molar-refractivity contribution in [3.8, 4) is 5.82 Å². The number of hydrogen-bond acceptors (Lipinski definition) is 4. The molecule has 0 atom stereocenters.